The molecule has 0 atom stereocenters. The van der Waals surface area contributed by atoms with Gasteiger partial charge in [-0.3, -0.25) is 9.40 Å². The number of rotatable bonds is 7. The molecule has 0 amide bonds. The molecule has 0 fully saturated rings. The second kappa shape index (κ2) is 10.0. The van der Waals surface area contributed by atoms with Crippen LogP contribution in [-0.2, 0) is 7.05 Å². The topological polar surface area (TPSA) is 64.9 Å². The Bertz CT molecular complexity index is 1270. The van der Waals surface area contributed by atoms with E-state index in [2.05, 4.69) is 40.8 Å². The highest BCUT2D eigenvalue weighted by atomic mass is 35.5. The van der Waals surface area contributed by atoms with E-state index in [4.69, 9.17) is 32.9 Å². The number of halogens is 2. The molecule has 170 valence electrons. The molecule has 4 rings (SSSR count). The Morgan fingerprint density at radius 1 is 1.06 bits per heavy atom. The number of aromatic nitrogens is 4. The molecule has 0 aliphatic carbocycles. The summed E-state index contributed by atoms with van der Waals surface area (Å²) in [5, 5.41) is 5.20. The predicted octanol–water partition coefficient (Wildman–Crippen LogP) is 7.53. The molecule has 2 aromatic carbocycles. The molecule has 0 saturated heterocycles. The molecule has 0 aliphatic heterocycles. The Balaban J connectivity index is 1.75. The van der Waals surface area contributed by atoms with E-state index < -0.39 is 0 Å². The normalized spacial score (nSPS) is 11.1. The van der Waals surface area contributed by atoms with Gasteiger partial charge in [-0.2, -0.15) is 10.1 Å². The van der Waals surface area contributed by atoms with Crippen molar-refractivity contribution in [2.24, 2.45) is 7.05 Å². The largest absolute Gasteiger partial charge is 0.437 e. The van der Waals surface area contributed by atoms with Crippen LogP contribution < -0.4 is 9.46 Å². The van der Waals surface area contributed by atoms with Gasteiger partial charge in [0.2, 0.25) is 11.8 Å². The van der Waals surface area contributed by atoms with Crippen LogP contribution in [0.15, 0.2) is 59.6 Å². The third-order valence-electron chi connectivity index (χ3n) is 5.02. The quantitative estimate of drug-likeness (QED) is 0.265. The molecular formula is C24H23Cl2N5OS. The third-order valence-corrected chi connectivity index (χ3v) is 6.68. The van der Waals surface area contributed by atoms with Gasteiger partial charge < -0.3 is 4.74 Å². The first kappa shape index (κ1) is 23.4. The van der Waals surface area contributed by atoms with E-state index in [-0.39, 0.29) is 0 Å². The summed E-state index contributed by atoms with van der Waals surface area (Å²) in [5.41, 5.74) is 3.86. The van der Waals surface area contributed by atoms with Gasteiger partial charge in [-0.25, -0.2) is 4.98 Å². The average Bonchev–Trinajstić information content (AvgIpc) is 3.12. The van der Waals surface area contributed by atoms with Crippen LogP contribution in [-0.4, -0.2) is 19.7 Å². The fourth-order valence-corrected chi connectivity index (χ4v) is 4.39. The minimum absolute atomic E-state index is 0.325. The first-order valence-electron chi connectivity index (χ1n) is 10.3. The number of hydrogen-bond donors (Lipinski definition) is 1. The molecule has 6 nitrogen and oxygen atoms in total. The Hall–Kier alpha value is -2.74. The van der Waals surface area contributed by atoms with Gasteiger partial charge in [-0.1, -0.05) is 73.4 Å². The van der Waals surface area contributed by atoms with E-state index in [1.54, 1.807) is 24.0 Å². The molecule has 1 N–H and O–H groups in total. The van der Waals surface area contributed by atoms with Crippen LogP contribution >= 0.6 is 35.1 Å². The number of benzene rings is 2. The minimum atomic E-state index is 0.325. The van der Waals surface area contributed by atoms with Gasteiger partial charge >= 0.3 is 0 Å². The van der Waals surface area contributed by atoms with Crippen molar-refractivity contribution in [2.75, 3.05) is 4.72 Å². The highest BCUT2D eigenvalue weighted by molar-refractivity contribution is 8.00. The Morgan fingerprint density at radius 3 is 2.55 bits per heavy atom. The minimum Gasteiger partial charge on any atom is -0.437 e. The summed E-state index contributed by atoms with van der Waals surface area (Å²) in [7, 11) is 1.78. The molecule has 0 saturated carbocycles. The highest BCUT2D eigenvalue weighted by Gasteiger charge is 2.16. The van der Waals surface area contributed by atoms with Crippen LogP contribution in [0.4, 0.5) is 5.95 Å². The monoisotopic (exact) mass is 499 g/mol. The number of hydrogen-bond acceptors (Lipinski definition) is 6. The van der Waals surface area contributed by atoms with Crippen molar-refractivity contribution in [1.29, 1.82) is 0 Å². The smallest absolute Gasteiger partial charge is 0.237 e. The highest BCUT2D eigenvalue weighted by Crippen LogP contribution is 2.36. The average molecular weight is 500 g/mol. The molecule has 0 aliphatic rings. The summed E-state index contributed by atoms with van der Waals surface area (Å²) in [4.78, 5) is 10.1. The molecule has 33 heavy (non-hydrogen) atoms. The van der Waals surface area contributed by atoms with Crippen LogP contribution in [0, 0.1) is 6.92 Å². The van der Waals surface area contributed by atoms with Gasteiger partial charge in [0.25, 0.3) is 0 Å². The molecule has 0 unspecified atom stereocenters. The van der Waals surface area contributed by atoms with Gasteiger partial charge in [-0.15, -0.1) is 0 Å². The Morgan fingerprint density at radius 2 is 1.85 bits per heavy atom. The van der Waals surface area contributed by atoms with Crippen molar-refractivity contribution in [3.63, 3.8) is 0 Å². The van der Waals surface area contributed by atoms with Crippen LogP contribution in [0.5, 0.6) is 11.6 Å². The van der Waals surface area contributed by atoms with Crippen molar-refractivity contribution in [3.8, 4) is 22.9 Å². The van der Waals surface area contributed by atoms with Gasteiger partial charge in [-0.05, 0) is 42.0 Å². The SMILES string of the molecule is Cc1cccc(Cl)c1Oc1cc(-c2ccccc2C(C)C)nc(NSc2cnn(C)c2Cl)n1. The van der Waals surface area contributed by atoms with Gasteiger partial charge in [0, 0.05) is 18.7 Å². The first-order chi connectivity index (χ1) is 15.8. The fourth-order valence-electron chi connectivity index (χ4n) is 3.32. The maximum Gasteiger partial charge on any atom is 0.237 e. The van der Waals surface area contributed by atoms with Crippen molar-refractivity contribution < 1.29 is 4.74 Å². The number of anilines is 1. The molecular weight excluding hydrogens is 477 g/mol. The van der Waals surface area contributed by atoms with E-state index >= 15 is 0 Å². The molecule has 0 radical (unpaired) electrons. The number of aryl methyl sites for hydroxylation is 2. The molecule has 9 heteroatoms. The van der Waals surface area contributed by atoms with Crippen molar-refractivity contribution in [3.05, 3.63) is 76.0 Å². The lowest BCUT2D eigenvalue weighted by Gasteiger charge is -2.15. The van der Waals surface area contributed by atoms with Crippen molar-refractivity contribution in [2.45, 2.75) is 31.6 Å². The van der Waals surface area contributed by atoms with E-state index in [1.165, 1.54) is 17.5 Å². The summed E-state index contributed by atoms with van der Waals surface area (Å²) >= 11 is 14.0. The lowest BCUT2D eigenvalue weighted by Crippen LogP contribution is -2.01. The Kier molecular flexibility index (Phi) is 7.12. The number of ether oxygens (including phenoxy) is 1. The second-order valence-electron chi connectivity index (χ2n) is 7.77. The summed E-state index contributed by atoms with van der Waals surface area (Å²) in [6.07, 6.45) is 1.68. The zero-order valence-corrected chi connectivity index (χ0v) is 21.0. The maximum atomic E-state index is 6.39. The zero-order valence-electron chi connectivity index (χ0n) is 18.6. The van der Waals surface area contributed by atoms with Crippen molar-refractivity contribution >= 4 is 41.1 Å². The number of nitrogens with one attached hydrogen (secondary N) is 1. The lowest BCUT2D eigenvalue weighted by atomic mass is 9.95. The first-order valence-corrected chi connectivity index (χ1v) is 11.9. The van der Waals surface area contributed by atoms with E-state index in [0.29, 0.717) is 33.7 Å². The molecule has 2 aromatic heterocycles. The van der Waals surface area contributed by atoms with Crippen molar-refractivity contribution in [1.82, 2.24) is 19.7 Å². The number of para-hydroxylation sites is 1. The van der Waals surface area contributed by atoms with Crippen LogP contribution in [0.3, 0.4) is 0 Å². The van der Waals surface area contributed by atoms with Crippen LogP contribution in [0.1, 0.15) is 30.9 Å². The molecule has 4 aromatic rings. The summed E-state index contributed by atoms with van der Waals surface area (Å²) in [5.74, 6) is 1.66. The van der Waals surface area contributed by atoms with E-state index in [0.717, 1.165) is 21.7 Å². The standard InChI is InChI=1S/C24H23Cl2N5OS/c1-14(2)16-9-5-6-10-17(16)19-12-21(32-22-15(3)8-7-11-18(22)25)29-24(28-19)30-33-20-13-27-31(4)23(20)26/h5-14H,1-4H3,(H,28,29,30). The van der Waals surface area contributed by atoms with E-state index in [9.17, 15) is 0 Å². The fraction of sp³-hybridized carbons (Fsp3) is 0.208. The van der Waals surface area contributed by atoms with Gasteiger partial charge in [0.15, 0.2) is 5.75 Å². The van der Waals surface area contributed by atoms with Gasteiger partial charge in [0.1, 0.15) is 5.15 Å². The molecule has 0 bridgehead atoms. The molecule has 0 spiro atoms. The molecule has 2 heterocycles. The zero-order chi connectivity index (χ0) is 23.5. The van der Waals surface area contributed by atoms with Gasteiger partial charge in [0.05, 0.1) is 21.8 Å². The number of nitrogens with zero attached hydrogens (tertiary/aromatic N) is 4. The summed E-state index contributed by atoms with van der Waals surface area (Å²) < 4.78 is 10.9. The van der Waals surface area contributed by atoms with Crippen LogP contribution in [0.2, 0.25) is 10.2 Å². The summed E-state index contributed by atoms with van der Waals surface area (Å²) in [6.45, 7) is 6.25. The van der Waals surface area contributed by atoms with E-state index in [1.807, 2.05) is 37.3 Å². The van der Waals surface area contributed by atoms with Crippen LogP contribution in [0.25, 0.3) is 11.3 Å². The maximum absolute atomic E-state index is 6.39. The predicted molar refractivity (Wildman–Crippen MR) is 136 cm³/mol. The Labute approximate surface area is 207 Å². The third kappa shape index (κ3) is 5.27. The summed E-state index contributed by atoms with van der Waals surface area (Å²) in [6, 6.07) is 15.6. The second-order valence-corrected chi connectivity index (χ2v) is 9.39. The lowest BCUT2D eigenvalue weighted by molar-refractivity contribution is 0.460.